The van der Waals surface area contributed by atoms with Crippen LogP contribution in [0.15, 0.2) is 17.5 Å². The monoisotopic (exact) mass is 294 g/mol. The minimum Gasteiger partial charge on any atom is -0.379 e. The van der Waals surface area contributed by atoms with Crippen LogP contribution in [0.5, 0.6) is 0 Å². The van der Waals surface area contributed by atoms with Crippen molar-refractivity contribution in [3.05, 3.63) is 22.4 Å². The molecule has 1 aromatic rings. The van der Waals surface area contributed by atoms with Gasteiger partial charge in [-0.1, -0.05) is 13.0 Å². The number of carbonyl (C=O) groups is 1. The highest BCUT2D eigenvalue weighted by atomic mass is 32.1. The summed E-state index contributed by atoms with van der Waals surface area (Å²) in [6.07, 6.45) is 1.05. The molecule has 1 N–H and O–H groups in total. The number of nitrogens with zero attached hydrogens (tertiary/aromatic N) is 1. The molecule has 1 saturated heterocycles. The number of amides is 1. The van der Waals surface area contributed by atoms with Gasteiger partial charge in [0.2, 0.25) is 5.91 Å². The van der Waals surface area contributed by atoms with Gasteiger partial charge >= 0.3 is 0 Å². The van der Waals surface area contributed by atoms with Gasteiger partial charge in [0.25, 0.3) is 0 Å². The maximum atomic E-state index is 12.0. The first kappa shape index (κ1) is 14.0. The van der Waals surface area contributed by atoms with Gasteiger partial charge < -0.3 is 10.1 Å². The van der Waals surface area contributed by atoms with Crippen molar-refractivity contribution in [3.63, 3.8) is 0 Å². The lowest BCUT2D eigenvalue weighted by Gasteiger charge is -2.34. The molecule has 5 heteroatoms. The Balaban J connectivity index is 1.61. The van der Waals surface area contributed by atoms with Gasteiger partial charge in [0.1, 0.15) is 0 Å². The molecule has 0 radical (unpaired) electrons. The third kappa shape index (κ3) is 3.22. The standard InChI is InChI=1S/C15H22N2O2S/c1-11-9-12(11)15(18)16-10-13(14-3-2-8-20-14)17-4-6-19-7-5-17/h2-3,8,11-13H,4-7,9-10H2,1H3,(H,16,18)/t11-,12-,13-/m1/s1. The summed E-state index contributed by atoms with van der Waals surface area (Å²) in [6.45, 7) is 6.31. The van der Waals surface area contributed by atoms with Crippen LogP contribution in [0.4, 0.5) is 0 Å². The van der Waals surface area contributed by atoms with Crippen molar-refractivity contribution < 1.29 is 9.53 Å². The number of carbonyl (C=O) groups excluding carboxylic acids is 1. The molecular formula is C15H22N2O2S. The number of ether oxygens (including phenoxy) is 1. The fraction of sp³-hybridized carbons (Fsp3) is 0.667. The summed E-state index contributed by atoms with van der Waals surface area (Å²) in [7, 11) is 0. The number of nitrogens with one attached hydrogen (secondary N) is 1. The first-order chi connectivity index (χ1) is 9.75. The predicted octanol–water partition coefficient (Wildman–Crippen LogP) is 1.89. The van der Waals surface area contributed by atoms with E-state index in [2.05, 4.69) is 34.7 Å². The second-order valence-corrected chi connectivity index (χ2v) is 6.72. The second kappa shape index (κ2) is 6.24. The number of hydrogen-bond donors (Lipinski definition) is 1. The van der Waals surface area contributed by atoms with E-state index in [1.165, 1.54) is 4.88 Å². The molecule has 0 bridgehead atoms. The molecule has 1 aliphatic heterocycles. The molecular weight excluding hydrogens is 272 g/mol. The predicted molar refractivity (Wildman–Crippen MR) is 79.7 cm³/mol. The van der Waals surface area contributed by atoms with Crippen LogP contribution in [0.3, 0.4) is 0 Å². The first-order valence-corrected chi connectivity index (χ1v) is 8.26. The van der Waals surface area contributed by atoms with Gasteiger partial charge in [-0.3, -0.25) is 9.69 Å². The van der Waals surface area contributed by atoms with Crippen LogP contribution in [0.2, 0.25) is 0 Å². The van der Waals surface area contributed by atoms with Gasteiger partial charge in [0.15, 0.2) is 0 Å². The molecule has 2 fully saturated rings. The van der Waals surface area contributed by atoms with Gasteiger partial charge in [0.05, 0.1) is 19.3 Å². The smallest absolute Gasteiger partial charge is 0.223 e. The molecule has 0 unspecified atom stereocenters. The Kier molecular flexibility index (Phi) is 4.38. The van der Waals surface area contributed by atoms with Crippen molar-refractivity contribution in [3.8, 4) is 0 Å². The summed E-state index contributed by atoms with van der Waals surface area (Å²) in [4.78, 5) is 15.8. The molecule has 2 heterocycles. The first-order valence-electron chi connectivity index (χ1n) is 7.38. The van der Waals surface area contributed by atoms with Crippen molar-refractivity contribution >= 4 is 17.2 Å². The van der Waals surface area contributed by atoms with E-state index in [1.807, 2.05) is 0 Å². The van der Waals surface area contributed by atoms with Crippen molar-refractivity contribution in [1.82, 2.24) is 10.2 Å². The highest BCUT2D eigenvalue weighted by Gasteiger charge is 2.39. The minimum atomic E-state index is 0.229. The van der Waals surface area contributed by atoms with E-state index in [-0.39, 0.29) is 17.9 Å². The topological polar surface area (TPSA) is 41.6 Å². The molecule has 0 spiro atoms. The highest BCUT2D eigenvalue weighted by molar-refractivity contribution is 7.10. The van der Waals surface area contributed by atoms with E-state index in [9.17, 15) is 4.79 Å². The quantitative estimate of drug-likeness (QED) is 0.902. The molecule has 110 valence electrons. The van der Waals surface area contributed by atoms with Gasteiger partial charge in [-0.25, -0.2) is 0 Å². The van der Waals surface area contributed by atoms with Crippen LogP contribution in [0.1, 0.15) is 24.3 Å². The molecule has 3 rings (SSSR count). The van der Waals surface area contributed by atoms with Crippen LogP contribution in [0.25, 0.3) is 0 Å². The van der Waals surface area contributed by atoms with Crippen LogP contribution in [-0.4, -0.2) is 43.7 Å². The molecule has 1 aromatic heterocycles. The normalized spacial score (nSPS) is 28.1. The lowest BCUT2D eigenvalue weighted by atomic mass is 10.2. The van der Waals surface area contributed by atoms with Crippen LogP contribution in [0, 0.1) is 11.8 Å². The Labute approximate surface area is 124 Å². The number of morpholine rings is 1. The zero-order chi connectivity index (χ0) is 13.9. The van der Waals surface area contributed by atoms with Crippen LogP contribution >= 0.6 is 11.3 Å². The third-order valence-corrected chi connectivity index (χ3v) is 5.25. The van der Waals surface area contributed by atoms with Crippen molar-refractivity contribution in [1.29, 1.82) is 0 Å². The summed E-state index contributed by atoms with van der Waals surface area (Å²) in [5.41, 5.74) is 0. The summed E-state index contributed by atoms with van der Waals surface area (Å²) in [5.74, 6) is 1.05. The highest BCUT2D eigenvalue weighted by Crippen LogP contribution is 2.37. The molecule has 1 aliphatic carbocycles. The van der Waals surface area contributed by atoms with Gasteiger partial charge in [-0.2, -0.15) is 0 Å². The van der Waals surface area contributed by atoms with Gasteiger partial charge in [-0.05, 0) is 23.8 Å². The Morgan fingerprint density at radius 1 is 1.55 bits per heavy atom. The SMILES string of the molecule is C[C@@H]1C[C@H]1C(=O)NC[C@H](c1cccs1)N1CCOCC1. The molecule has 20 heavy (non-hydrogen) atoms. The fourth-order valence-corrected chi connectivity index (χ4v) is 3.66. The van der Waals surface area contributed by atoms with E-state index >= 15 is 0 Å². The average molecular weight is 294 g/mol. The number of rotatable bonds is 5. The lowest BCUT2D eigenvalue weighted by Crippen LogP contribution is -2.43. The fourth-order valence-electron chi connectivity index (χ4n) is 2.80. The second-order valence-electron chi connectivity index (χ2n) is 5.74. The van der Waals surface area contributed by atoms with Crippen LogP contribution < -0.4 is 5.32 Å². The Morgan fingerprint density at radius 3 is 2.90 bits per heavy atom. The zero-order valence-electron chi connectivity index (χ0n) is 11.9. The Morgan fingerprint density at radius 2 is 2.30 bits per heavy atom. The Bertz CT molecular complexity index is 443. The molecule has 1 saturated carbocycles. The molecule has 4 nitrogen and oxygen atoms in total. The maximum Gasteiger partial charge on any atom is 0.223 e. The molecule has 2 aliphatic rings. The molecule has 0 aromatic carbocycles. The largest absolute Gasteiger partial charge is 0.379 e. The molecule has 3 atom stereocenters. The van der Waals surface area contributed by atoms with Gasteiger partial charge in [0, 0.05) is 30.4 Å². The number of thiophene rings is 1. The summed E-state index contributed by atoms with van der Waals surface area (Å²) < 4.78 is 5.43. The minimum absolute atomic E-state index is 0.229. The van der Waals surface area contributed by atoms with Crippen molar-refractivity contribution in [2.75, 3.05) is 32.8 Å². The van der Waals surface area contributed by atoms with E-state index in [0.717, 1.165) is 32.7 Å². The third-order valence-electron chi connectivity index (χ3n) is 4.27. The van der Waals surface area contributed by atoms with Crippen LogP contribution in [-0.2, 0) is 9.53 Å². The summed E-state index contributed by atoms with van der Waals surface area (Å²) >= 11 is 1.77. The van der Waals surface area contributed by atoms with E-state index in [1.54, 1.807) is 11.3 Å². The zero-order valence-corrected chi connectivity index (χ0v) is 12.7. The molecule has 1 amide bonds. The van der Waals surface area contributed by atoms with E-state index < -0.39 is 0 Å². The van der Waals surface area contributed by atoms with E-state index in [4.69, 9.17) is 4.74 Å². The van der Waals surface area contributed by atoms with E-state index in [0.29, 0.717) is 12.5 Å². The summed E-state index contributed by atoms with van der Waals surface area (Å²) in [5, 5.41) is 5.25. The maximum absolute atomic E-state index is 12.0. The Hall–Kier alpha value is -0.910. The average Bonchev–Trinajstić information content (AvgIpc) is 2.98. The van der Waals surface area contributed by atoms with Crippen molar-refractivity contribution in [2.45, 2.75) is 19.4 Å². The number of hydrogen-bond acceptors (Lipinski definition) is 4. The lowest BCUT2D eigenvalue weighted by molar-refractivity contribution is -0.122. The summed E-state index contributed by atoms with van der Waals surface area (Å²) in [6, 6.07) is 4.53. The van der Waals surface area contributed by atoms with Gasteiger partial charge in [-0.15, -0.1) is 11.3 Å². The van der Waals surface area contributed by atoms with Crippen molar-refractivity contribution in [2.24, 2.45) is 11.8 Å².